The average molecular weight is 350 g/mol. The van der Waals surface area contributed by atoms with E-state index in [9.17, 15) is 4.79 Å². The van der Waals surface area contributed by atoms with E-state index in [2.05, 4.69) is 35.4 Å². The first kappa shape index (κ1) is 21.8. The number of aryl methyl sites for hydroxylation is 1. The second kappa shape index (κ2) is 10.6. The summed E-state index contributed by atoms with van der Waals surface area (Å²) in [5.41, 5.74) is 3.17. The Kier molecular flexibility index (Phi) is 9.60. The van der Waals surface area contributed by atoms with E-state index in [1.54, 1.807) is 0 Å². The van der Waals surface area contributed by atoms with Crippen molar-refractivity contribution in [3.63, 3.8) is 0 Å². The molecule has 0 heterocycles. The van der Waals surface area contributed by atoms with Crippen LogP contribution in [0.4, 0.5) is 11.4 Å². The Hall–Kier alpha value is -2.19. The number of hydrogen-bond donors (Lipinski definition) is 2. The molecule has 0 bridgehead atoms. The number of nitrogens with zero attached hydrogens (tertiary/aromatic N) is 2. The van der Waals surface area contributed by atoms with Gasteiger partial charge in [0, 0.05) is 36.7 Å². The van der Waals surface area contributed by atoms with Gasteiger partial charge >= 0.3 is 0 Å². The van der Waals surface area contributed by atoms with Crippen molar-refractivity contribution < 1.29 is 17.2 Å². The highest BCUT2D eigenvalue weighted by molar-refractivity contribution is 5.97. The number of nitriles is 1. The molecule has 0 saturated carbocycles. The van der Waals surface area contributed by atoms with Crippen molar-refractivity contribution in [3.8, 4) is 6.07 Å². The molecule has 1 aromatic carbocycles. The van der Waals surface area contributed by atoms with Crippen LogP contribution in [0.1, 0.15) is 33.3 Å². The summed E-state index contributed by atoms with van der Waals surface area (Å²) in [7, 11) is 0. The summed E-state index contributed by atoms with van der Waals surface area (Å²) in [6.45, 7) is 11.9. The minimum absolute atomic E-state index is 0. The largest absolute Gasteiger partial charge is 1.00 e. The van der Waals surface area contributed by atoms with Crippen LogP contribution in [-0.2, 0) is 4.79 Å². The van der Waals surface area contributed by atoms with Crippen LogP contribution in [0.3, 0.4) is 0 Å². The predicted molar refractivity (Wildman–Crippen MR) is 95.3 cm³/mol. The van der Waals surface area contributed by atoms with Crippen LogP contribution < -0.4 is 27.9 Å². The third-order valence-electron chi connectivity index (χ3n) is 3.50. The van der Waals surface area contributed by atoms with E-state index in [4.69, 9.17) is 5.26 Å². The lowest BCUT2D eigenvalue weighted by atomic mass is 10.1. The molecule has 0 atom stereocenters. The maximum atomic E-state index is 11.9. The number of rotatable bonds is 7. The fourth-order valence-corrected chi connectivity index (χ4v) is 2.23. The van der Waals surface area contributed by atoms with Crippen molar-refractivity contribution in [2.45, 2.75) is 40.7 Å². The Morgan fingerprint density at radius 2 is 1.96 bits per heavy atom. The highest BCUT2D eigenvalue weighted by Gasteiger charge is 2.10. The van der Waals surface area contributed by atoms with Crippen LogP contribution in [0, 0.1) is 18.3 Å². The van der Waals surface area contributed by atoms with Crippen molar-refractivity contribution in [2.75, 3.05) is 23.3 Å². The Balaban J connectivity index is 0.00000529. The molecule has 0 fully saturated rings. The van der Waals surface area contributed by atoms with Gasteiger partial charge in [0.1, 0.15) is 11.6 Å². The van der Waals surface area contributed by atoms with Gasteiger partial charge in [-0.25, -0.2) is 0 Å². The molecule has 0 aliphatic carbocycles. The fraction of sp³-hybridized carbons (Fsp3) is 0.444. The van der Waals surface area contributed by atoms with E-state index >= 15 is 0 Å². The molecule has 24 heavy (non-hydrogen) atoms. The summed E-state index contributed by atoms with van der Waals surface area (Å²) >= 11 is 0. The lowest BCUT2D eigenvalue weighted by molar-refractivity contribution is -0.117. The first-order valence-electron chi connectivity index (χ1n) is 7.96. The first-order valence-corrected chi connectivity index (χ1v) is 7.96. The van der Waals surface area contributed by atoms with Crippen molar-refractivity contribution in [3.05, 3.63) is 35.5 Å². The van der Waals surface area contributed by atoms with Crippen molar-refractivity contribution in [1.29, 1.82) is 5.26 Å². The number of anilines is 2. The zero-order valence-electron chi connectivity index (χ0n) is 15.0. The van der Waals surface area contributed by atoms with E-state index in [1.807, 2.05) is 39.0 Å². The Labute approximate surface area is 151 Å². The smallest absolute Gasteiger partial charge is 0.263 e. The van der Waals surface area contributed by atoms with Gasteiger partial charge in [0.25, 0.3) is 5.91 Å². The third-order valence-corrected chi connectivity index (χ3v) is 3.50. The maximum absolute atomic E-state index is 11.9. The molecule has 0 unspecified atom stereocenters. The van der Waals surface area contributed by atoms with E-state index in [1.165, 1.54) is 11.9 Å². The summed E-state index contributed by atoms with van der Waals surface area (Å²) in [5, 5.41) is 14.9. The molecule has 0 saturated heterocycles. The molecule has 2 N–H and O–H groups in total. The highest BCUT2D eigenvalue weighted by atomic mass is 35.5. The van der Waals surface area contributed by atoms with Crippen LogP contribution in [0.15, 0.2) is 30.0 Å². The molecule has 0 aliphatic heterocycles. The molecule has 5 nitrogen and oxygen atoms in total. The quantitative estimate of drug-likeness (QED) is 0.544. The van der Waals surface area contributed by atoms with Gasteiger partial charge in [-0.3, -0.25) is 4.79 Å². The zero-order valence-corrected chi connectivity index (χ0v) is 15.7. The molecule has 0 radical (unpaired) electrons. The first-order chi connectivity index (χ1) is 10.9. The number of halogens is 1. The van der Waals surface area contributed by atoms with Gasteiger partial charge in [-0.1, -0.05) is 0 Å². The van der Waals surface area contributed by atoms with Crippen molar-refractivity contribution in [2.24, 2.45) is 0 Å². The van der Waals surface area contributed by atoms with E-state index < -0.39 is 0 Å². The summed E-state index contributed by atoms with van der Waals surface area (Å²) in [4.78, 5) is 14.1. The molecule has 0 aromatic heterocycles. The highest BCUT2D eigenvalue weighted by Crippen LogP contribution is 2.22. The fourth-order valence-electron chi connectivity index (χ4n) is 2.23. The second-order valence-corrected chi connectivity index (χ2v) is 5.61. The van der Waals surface area contributed by atoms with Gasteiger partial charge in [0.15, 0.2) is 0 Å². The standard InChI is InChI=1S/C18H26N4O.ClH/c1-6-22(7-2)16-8-9-17(14(5)10-16)20-12-15(11-19)18(23)21-13(3)4;/h8-10,12-13,20H,6-7H2,1-5H3,(H,21,23);1H/p-1/b15-12-;. The topological polar surface area (TPSA) is 68.2 Å². The molecule has 1 aromatic rings. The second-order valence-electron chi connectivity index (χ2n) is 5.61. The Morgan fingerprint density at radius 3 is 2.42 bits per heavy atom. The number of hydrogen-bond acceptors (Lipinski definition) is 4. The minimum Gasteiger partial charge on any atom is -1.00 e. The molecule has 0 spiro atoms. The SMILES string of the molecule is CCN(CC)c1ccc(N/C=C(/C#N)C(=O)NC(C)C)c(C)c1.[Cl-]. The van der Waals surface area contributed by atoms with E-state index in [0.717, 1.165) is 24.3 Å². The van der Waals surface area contributed by atoms with Crippen LogP contribution in [0.5, 0.6) is 0 Å². The van der Waals surface area contributed by atoms with Crippen LogP contribution in [-0.4, -0.2) is 25.0 Å². The molecular formula is C18H26ClN4O-. The Bertz CT molecular complexity index is 616. The predicted octanol–water partition coefficient (Wildman–Crippen LogP) is 0.189. The number of carbonyl (C=O) groups is 1. The van der Waals surface area contributed by atoms with Gasteiger partial charge in [0.05, 0.1) is 0 Å². The molecule has 1 rings (SSSR count). The Morgan fingerprint density at radius 1 is 1.33 bits per heavy atom. The van der Waals surface area contributed by atoms with Crippen LogP contribution in [0.2, 0.25) is 0 Å². The van der Waals surface area contributed by atoms with Crippen LogP contribution in [0.25, 0.3) is 0 Å². The normalized spacial score (nSPS) is 10.6. The maximum Gasteiger partial charge on any atom is 0.263 e. The van der Waals surface area contributed by atoms with Gasteiger partial charge in [-0.2, -0.15) is 5.26 Å². The monoisotopic (exact) mass is 349 g/mol. The lowest BCUT2D eigenvalue weighted by Gasteiger charge is -2.22. The van der Waals surface area contributed by atoms with Gasteiger partial charge in [-0.05, 0) is 58.4 Å². The summed E-state index contributed by atoms with van der Waals surface area (Å²) in [6, 6.07) is 8.02. The number of amides is 1. The molecule has 1 amide bonds. The molecule has 132 valence electrons. The molecule has 0 aliphatic rings. The number of carbonyl (C=O) groups excluding carboxylic acids is 1. The number of benzene rings is 1. The average Bonchev–Trinajstić information content (AvgIpc) is 2.50. The summed E-state index contributed by atoms with van der Waals surface area (Å²) < 4.78 is 0. The van der Waals surface area contributed by atoms with Gasteiger partial charge in [0.2, 0.25) is 0 Å². The molecule has 6 heteroatoms. The lowest BCUT2D eigenvalue weighted by Crippen LogP contribution is -3.00. The zero-order chi connectivity index (χ0) is 17.4. The summed E-state index contributed by atoms with van der Waals surface area (Å²) in [6.07, 6.45) is 1.46. The van der Waals surface area contributed by atoms with E-state index in [0.29, 0.717) is 0 Å². The summed E-state index contributed by atoms with van der Waals surface area (Å²) in [5.74, 6) is -0.368. The van der Waals surface area contributed by atoms with Gasteiger partial charge < -0.3 is 27.9 Å². The van der Waals surface area contributed by atoms with E-state index in [-0.39, 0.29) is 29.9 Å². The van der Waals surface area contributed by atoms with Crippen molar-refractivity contribution >= 4 is 17.3 Å². The third kappa shape index (κ3) is 6.13. The number of nitrogens with one attached hydrogen (secondary N) is 2. The van der Waals surface area contributed by atoms with Crippen molar-refractivity contribution in [1.82, 2.24) is 5.32 Å². The van der Waals surface area contributed by atoms with Gasteiger partial charge in [-0.15, -0.1) is 0 Å². The minimum atomic E-state index is -0.368. The van der Waals surface area contributed by atoms with Crippen LogP contribution >= 0.6 is 0 Å². The molecular weight excluding hydrogens is 324 g/mol.